The Morgan fingerprint density at radius 3 is 2.61 bits per heavy atom. The van der Waals surface area contributed by atoms with Crippen LogP contribution in [-0.4, -0.2) is 48.2 Å². The van der Waals surface area contributed by atoms with Gasteiger partial charge in [-0.1, -0.05) is 63.3 Å². The molecule has 0 radical (unpaired) electrons. The highest BCUT2D eigenvalue weighted by Crippen LogP contribution is 2.22. The summed E-state index contributed by atoms with van der Waals surface area (Å²) >= 11 is 0. The summed E-state index contributed by atoms with van der Waals surface area (Å²) in [6.45, 7) is 5.84. The van der Waals surface area contributed by atoms with Crippen molar-refractivity contribution < 1.29 is 24.2 Å². The number of ether oxygens (including phenoxy) is 1. The first kappa shape index (κ1) is 26.6. The smallest absolute Gasteiger partial charge is 0.305 e. The van der Waals surface area contributed by atoms with Crippen LogP contribution >= 0.6 is 0 Å². The maximum absolute atomic E-state index is 13.1. The maximum atomic E-state index is 13.1. The predicted molar refractivity (Wildman–Crippen MR) is 127 cm³/mol. The molecule has 0 saturated heterocycles. The molecule has 0 aromatic heterocycles. The molecular formula is C26H38N2O5. The number of rotatable bonds is 6. The van der Waals surface area contributed by atoms with E-state index >= 15 is 0 Å². The monoisotopic (exact) mass is 458 g/mol. The van der Waals surface area contributed by atoms with Gasteiger partial charge in [0.25, 0.3) is 0 Å². The van der Waals surface area contributed by atoms with E-state index in [0.717, 1.165) is 5.56 Å². The number of hydrogen-bond donors (Lipinski definition) is 3. The average Bonchev–Trinajstić information content (AvgIpc) is 2.78. The van der Waals surface area contributed by atoms with Crippen LogP contribution in [-0.2, 0) is 25.5 Å². The van der Waals surface area contributed by atoms with Crippen LogP contribution in [0.15, 0.2) is 42.5 Å². The number of esters is 1. The molecule has 33 heavy (non-hydrogen) atoms. The zero-order valence-corrected chi connectivity index (χ0v) is 20.0. The molecule has 0 saturated carbocycles. The SMILES string of the molecule is CC(C)(C)[C@H]1COC(=O)CCCC=CC[C@H](CC(=O)N[C@@H](CO)Cc2ccccc2)C(=O)N1. The summed E-state index contributed by atoms with van der Waals surface area (Å²) in [5, 5.41) is 15.6. The van der Waals surface area contributed by atoms with E-state index in [1.165, 1.54) is 0 Å². The molecule has 1 aliphatic heterocycles. The van der Waals surface area contributed by atoms with Crippen LogP contribution in [0.1, 0.15) is 58.4 Å². The number of cyclic esters (lactones) is 1. The Hall–Kier alpha value is -2.67. The molecule has 2 rings (SSSR count). The van der Waals surface area contributed by atoms with Crippen molar-refractivity contribution in [2.45, 2.75) is 71.4 Å². The van der Waals surface area contributed by atoms with Crippen LogP contribution in [0, 0.1) is 11.3 Å². The highest BCUT2D eigenvalue weighted by atomic mass is 16.5. The van der Waals surface area contributed by atoms with E-state index in [2.05, 4.69) is 10.6 Å². The van der Waals surface area contributed by atoms with E-state index in [1.807, 2.05) is 63.3 Å². The lowest BCUT2D eigenvalue weighted by atomic mass is 9.86. The van der Waals surface area contributed by atoms with Gasteiger partial charge < -0.3 is 20.5 Å². The first-order valence-corrected chi connectivity index (χ1v) is 11.7. The van der Waals surface area contributed by atoms with Crippen LogP contribution < -0.4 is 10.6 Å². The second-order valence-corrected chi connectivity index (χ2v) is 9.75. The van der Waals surface area contributed by atoms with Gasteiger partial charge in [-0.2, -0.15) is 0 Å². The lowest BCUT2D eigenvalue weighted by Gasteiger charge is -2.32. The van der Waals surface area contributed by atoms with Crippen molar-refractivity contribution in [3.05, 3.63) is 48.0 Å². The summed E-state index contributed by atoms with van der Waals surface area (Å²) in [4.78, 5) is 37.9. The molecule has 0 spiro atoms. The Bertz CT molecular complexity index is 801. The lowest BCUT2D eigenvalue weighted by molar-refractivity contribution is -0.146. The summed E-state index contributed by atoms with van der Waals surface area (Å²) in [5.74, 6) is -1.34. The summed E-state index contributed by atoms with van der Waals surface area (Å²) in [5.41, 5.74) is 0.693. The number of benzene rings is 1. The Labute approximate surface area is 197 Å². The van der Waals surface area contributed by atoms with Crippen molar-refractivity contribution in [1.82, 2.24) is 10.6 Å². The molecule has 0 bridgehead atoms. The normalized spacial score (nSPS) is 21.6. The molecule has 3 N–H and O–H groups in total. The standard InChI is InChI=1S/C26H38N2O5/c1-26(2,3)22-18-33-24(31)14-10-5-4-9-13-20(25(32)28-22)16-23(30)27-21(17-29)15-19-11-7-6-8-12-19/h4,6-9,11-12,20-22,29H,5,10,13-18H2,1-3H3,(H,27,30)(H,28,32)/t20-,21-,22-/m1/s1. The van der Waals surface area contributed by atoms with Crippen molar-refractivity contribution >= 4 is 17.8 Å². The Morgan fingerprint density at radius 1 is 1.21 bits per heavy atom. The highest BCUT2D eigenvalue weighted by Gasteiger charge is 2.31. The lowest BCUT2D eigenvalue weighted by Crippen LogP contribution is -2.50. The molecule has 2 amide bonds. The van der Waals surface area contributed by atoms with Crippen molar-refractivity contribution in [1.29, 1.82) is 0 Å². The first-order valence-electron chi connectivity index (χ1n) is 11.7. The van der Waals surface area contributed by atoms with Crippen LogP contribution in [0.4, 0.5) is 0 Å². The molecule has 7 nitrogen and oxygen atoms in total. The fourth-order valence-corrected chi connectivity index (χ4v) is 3.64. The number of carbonyl (C=O) groups excluding carboxylic acids is 3. The van der Waals surface area contributed by atoms with Crippen molar-refractivity contribution in [2.24, 2.45) is 11.3 Å². The number of aliphatic hydroxyl groups is 1. The van der Waals surface area contributed by atoms with E-state index in [0.29, 0.717) is 32.1 Å². The quantitative estimate of drug-likeness (QED) is 0.449. The summed E-state index contributed by atoms with van der Waals surface area (Å²) in [6, 6.07) is 8.85. The van der Waals surface area contributed by atoms with E-state index in [4.69, 9.17) is 4.74 Å². The van der Waals surface area contributed by atoms with Crippen LogP contribution in [0.3, 0.4) is 0 Å². The van der Waals surface area contributed by atoms with Crippen LogP contribution in [0.5, 0.6) is 0 Å². The molecule has 0 fully saturated rings. The zero-order valence-electron chi connectivity index (χ0n) is 20.0. The van der Waals surface area contributed by atoms with Gasteiger partial charge in [0.15, 0.2) is 0 Å². The van der Waals surface area contributed by atoms with Crippen molar-refractivity contribution in [2.75, 3.05) is 13.2 Å². The molecule has 0 unspecified atom stereocenters. The third-order valence-corrected chi connectivity index (χ3v) is 5.82. The minimum Gasteiger partial charge on any atom is -0.463 e. The minimum absolute atomic E-state index is 0.0120. The van der Waals surface area contributed by atoms with Gasteiger partial charge in [-0.3, -0.25) is 14.4 Å². The number of amides is 2. The number of hydrogen-bond acceptors (Lipinski definition) is 5. The van der Waals surface area contributed by atoms with E-state index in [9.17, 15) is 19.5 Å². The third-order valence-electron chi connectivity index (χ3n) is 5.82. The number of allylic oxidation sites excluding steroid dienone is 2. The molecule has 182 valence electrons. The van der Waals surface area contributed by atoms with Crippen molar-refractivity contribution in [3.8, 4) is 0 Å². The number of nitrogens with one attached hydrogen (secondary N) is 2. The second kappa shape index (κ2) is 13.1. The predicted octanol–water partition coefficient (Wildman–Crippen LogP) is 2.92. The average molecular weight is 459 g/mol. The topological polar surface area (TPSA) is 105 Å². The molecule has 3 atom stereocenters. The molecule has 1 aromatic carbocycles. The Morgan fingerprint density at radius 2 is 1.94 bits per heavy atom. The summed E-state index contributed by atoms with van der Waals surface area (Å²) in [7, 11) is 0. The fraction of sp³-hybridized carbons (Fsp3) is 0.577. The van der Waals surface area contributed by atoms with Crippen LogP contribution in [0.25, 0.3) is 0 Å². The van der Waals surface area contributed by atoms with Gasteiger partial charge in [-0.15, -0.1) is 0 Å². The van der Waals surface area contributed by atoms with Gasteiger partial charge in [0, 0.05) is 12.8 Å². The van der Waals surface area contributed by atoms with Crippen molar-refractivity contribution in [3.63, 3.8) is 0 Å². The molecule has 1 heterocycles. The number of aliphatic hydroxyl groups excluding tert-OH is 1. The second-order valence-electron chi connectivity index (χ2n) is 9.75. The van der Waals surface area contributed by atoms with E-state index < -0.39 is 12.0 Å². The Kier molecular flexibility index (Phi) is 10.6. The molecular weight excluding hydrogens is 420 g/mol. The summed E-state index contributed by atoms with van der Waals surface area (Å²) < 4.78 is 5.40. The molecule has 0 aliphatic carbocycles. The maximum Gasteiger partial charge on any atom is 0.305 e. The third kappa shape index (κ3) is 9.78. The van der Waals surface area contributed by atoms with Gasteiger partial charge in [0.2, 0.25) is 11.8 Å². The molecule has 1 aromatic rings. The zero-order chi connectivity index (χ0) is 24.3. The fourth-order valence-electron chi connectivity index (χ4n) is 3.64. The first-order chi connectivity index (χ1) is 15.7. The molecule has 1 aliphatic rings. The highest BCUT2D eigenvalue weighted by molar-refractivity contribution is 5.86. The molecule has 7 heteroatoms. The Balaban J connectivity index is 2.07. The van der Waals surface area contributed by atoms with Gasteiger partial charge in [-0.05, 0) is 36.7 Å². The van der Waals surface area contributed by atoms with E-state index in [-0.39, 0.29) is 48.9 Å². The van der Waals surface area contributed by atoms with E-state index in [1.54, 1.807) is 0 Å². The minimum atomic E-state index is -0.557. The van der Waals surface area contributed by atoms with Crippen LogP contribution in [0.2, 0.25) is 0 Å². The largest absolute Gasteiger partial charge is 0.463 e. The van der Waals surface area contributed by atoms with Gasteiger partial charge in [-0.25, -0.2) is 0 Å². The number of carbonyl (C=O) groups is 3. The summed E-state index contributed by atoms with van der Waals surface area (Å²) in [6.07, 6.45) is 6.52. The van der Waals surface area contributed by atoms with Gasteiger partial charge in [0.1, 0.15) is 6.61 Å². The van der Waals surface area contributed by atoms with Gasteiger partial charge in [0.05, 0.1) is 24.6 Å². The van der Waals surface area contributed by atoms with Gasteiger partial charge >= 0.3 is 5.97 Å².